The van der Waals surface area contributed by atoms with Gasteiger partial charge in [0.05, 0.1) is 6.10 Å². The molecule has 0 saturated carbocycles. The van der Waals surface area contributed by atoms with Crippen molar-refractivity contribution in [1.82, 2.24) is 9.80 Å². The van der Waals surface area contributed by atoms with Gasteiger partial charge in [0.1, 0.15) is 5.82 Å². The van der Waals surface area contributed by atoms with Gasteiger partial charge < -0.3 is 14.9 Å². The largest absolute Gasteiger partial charge is 0.391 e. The number of amides is 1. The molecule has 0 aromatic heterocycles. The Labute approximate surface area is 112 Å². The lowest BCUT2D eigenvalue weighted by atomic mass is 10.1. The molecule has 1 aliphatic heterocycles. The van der Waals surface area contributed by atoms with Crippen molar-refractivity contribution in [2.75, 3.05) is 27.2 Å². The second kappa shape index (κ2) is 5.67. The number of β-amino-alcohol motifs (C(OH)–C–C–N with tert-alkyl or cyclic N) is 1. The van der Waals surface area contributed by atoms with Crippen molar-refractivity contribution in [3.05, 3.63) is 35.6 Å². The smallest absolute Gasteiger partial charge is 0.254 e. The minimum Gasteiger partial charge on any atom is -0.391 e. The highest BCUT2D eigenvalue weighted by atomic mass is 19.1. The van der Waals surface area contributed by atoms with Gasteiger partial charge in [0.25, 0.3) is 5.91 Å². The highest BCUT2D eigenvalue weighted by Crippen LogP contribution is 2.21. The van der Waals surface area contributed by atoms with Gasteiger partial charge in [0, 0.05) is 24.7 Å². The lowest BCUT2D eigenvalue weighted by molar-refractivity contribution is 0.0699. The fourth-order valence-electron chi connectivity index (χ4n) is 2.49. The summed E-state index contributed by atoms with van der Waals surface area (Å²) in [6.45, 7) is 1.05. The number of benzene rings is 1. The van der Waals surface area contributed by atoms with Crippen LogP contribution in [0, 0.1) is 5.82 Å². The first kappa shape index (κ1) is 14.0. The van der Waals surface area contributed by atoms with Crippen LogP contribution in [-0.4, -0.2) is 60.1 Å². The molecule has 0 radical (unpaired) electrons. The third kappa shape index (κ3) is 3.30. The van der Waals surface area contributed by atoms with Crippen LogP contribution in [-0.2, 0) is 0 Å². The number of rotatable bonds is 3. The van der Waals surface area contributed by atoms with Gasteiger partial charge in [0.2, 0.25) is 0 Å². The van der Waals surface area contributed by atoms with Crippen LogP contribution in [0.2, 0.25) is 0 Å². The Bertz CT molecular complexity index is 447. The Morgan fingerprint density at radius 3 is 2.63 bits per heavy atom. The first-order chi connectivity index (χ1) is 8.97. The Balaban J connectivity index is 2.14. The Morgan fingerprint density at radius 1 is 1.42 bits per heavy atom. The van der Waals surface area contributed by atoms with E-state index in [0.29, 0.717) is 25.1 Å². The third-order valence-corrected chi connectivity index (χ3v) is 3.32. The molecule has 19 heavy (non-hydrogen) atoms. The summed E-state index contributed by atoms with van der Waals surface area (Å²) in [5.41, 5.74) is 0.458. The van der Waals surface area contributed by atoms with Crippen molar-refractivity contribution in [2.24, 2.45) is 0 Å². The summed E-state index contributed by atoms with van der Waals surface area (Å²) >= 11 is 0. The summed E-state index contributed by atoms with van der Waals surface area (Å²) in [5.74, 6) is -0.508. The number of aliphatic hydroxyl groups excluding tert-OH is 1. The van der Waals surface area contributed by atoms with Crippen molar-refractivity contribution in [3.8, 4) is 0 Å². The Hall–Kier alpha value is -1.46. The van der Waals surface area contributed by atoms with Crippen LogP contribution in [0.3, 0.4) is 0 Å². The highest BCUT2D eigenvalue weighted by Gasteiger charge is 2.34. The highest BCUT2D eigenvalue weighted by molar-refractivity contribution is 5.94. The van der Waals surface area contributed by atoms with Crippen LogP contribution in [0.15, 0.2) is 24.3 Å². The molecule has 4 nitrogen and oxygen atoms in total. The molecule has 1 fully saturated rings. The van der Waals surface area contributed by atoms with Gasteiger partial charge in [-0.05, 0) is 44.8 Å². The SMILES string of the molecule is CN(C)CC1CC(O)CN1C(=O)c1ccc(F)cc1. The molecule has 5 heteroatoms. The second-order valence-corrected chi connectivity index (χ2v) is 5.27. The van der Waals surface area contributed by atoms with E-state index >= 15 is 0 Å². The molecule has 1 amide bonds. The summed E-state index contributed by atoms with van der Waals surface area (Å²) in [4.78, 5) is 16.0. The van der Waals surface area contributed by atoms with Gasteiger partial charge in [-0.1, -0.05) is 0 Å². The molecule has 2 atom stereocenters. The van der Waals surface area contributed by atoms with Crippen molar-refractivity contribution in [2.45, 2.75) is 18.6 Å². The number of hydrogen-bond acceptors (Lipinski definition) is 3. The first-order valence-corrected chi connectivity index (χ1v) is 6.36. The van der Waals surface area contributed by atoms with Gasteiger partial charge in [0.15, 0.2) is 0 Å². The van der Waals surface area contributed by atoms with E-state index < -0.39 is 6.10 Å². The van der Waals surface area contributed by atoms with Gasteiger partial charge in [-0.2, -0.15) is 0 Å². The van der Waals surface area contributed by atoms with E-state index in [1.54, 1.807) is 4.90 Å². The molecule has 0 bridgehead atoms. The average Bonchev–Trinajstić information content (AvgIpc) is 2.69. The number of hydrogen-bond donors (Lipinski definition) is 1. The van der Waals surface area contributed by atoms with E-state index in [9.17, 15) is 14.3 Å². The van der Waals surface area contributed by atoms with Crippen molar-refractivity contribution in [3.63, 3.8) is 0 Å². The summed E-state index contributed by atoms with van der Waals surface area (Å²) < 4.78 is 12.9. The van der Waals surface area contributed by atoms with Crippen LogP contribution < -0.4 is 0 Å². The first-order valence-electron chi connectivity index (χ1n) is 6.36. The maximum Gasteiger partial charge on any atom is 0.254 e. The quantitative estimate of drug-likeness (QED) is 0.886. The van der Waals surface area contributed by atoms with Crippen molar-refractivity contribution >= 4 is 5.91 Å². The van der Waals surface area contributed by atoms with Crippen molar-refractivity contribution in [1.29, 1.82) is 0 Å². The van der Waals surface area contributed by atoms with Crippen molar-refractivity contribution < 1.29 is 14.3 Å². The fraction of sp³-hybridized carbons (Fsp3) is 0.500. The monoisotopic (exact) mass is 266 g/mol. The summed E-state index contributed by atoms with van der Waals surface area (Å²) in [5, 5.41) is 9.75. The molecule has 1 aliphatic rings. The van der Waals surface area contributed by atoms with Crippen LogP contribution in [0.25, 0.3) is 0 Å². The van der Waals surface area contributed by atoms with Crippen LogP contribution >= 0.6 is 0 Å². The molecule has 1 aromatic carbocycles. The summed E-state index contributed by atoms with van der Waals surface area (Å²) in [6.07, 6.45) is 0.111. The number of likely N-dealkylation sites (N-methyl/N-ethyl adjacent to an activating group) is 1. The molecule has 0 aliphatic carbocycles. The second-order valence-electron chi connectivity index (χ2n) is 5.27. The number of carbonyl (C=O) groups excluding carboxylic acids is 1. The topological polar surface area (TPSA) is 43.8 Å². The van der Waals surface area contributed by atoms with Crippen LogP contribution in [0.4, 0.5) is 4.39 Å². The molecule has 0 spiro atoms. The van der Waals surface area contributed by atoms with E-state index in [1.165, 1.54) is 24.3 Å². The molecule has 1 saturated heterocycles. The van der Waals surface area contributed by atoms with Gasteiger partial charge >= 0.3 is 0 Å². The number of aliphatic hydroxyl groups is 1. The number of halogens is 1. The molecular weight excluding hydrogens is 247 g/mol. The summed E-state index contributed by atoms with van der Waals surface area (Å²) in [6, 6.07) is 5.52. The molecule has 1 N–H and O–H groups in total. The average molecular weight is 266 g/mol. The predicted molar refractivity (Wildman–Crippen MR) is 70.4 cm³/mol. The molecule has 2 unspecified atom stereocenters. The molecule has 2 rings (SSSR count). The molecule has 1 heterocycles. The van der Waals surface area contributed by atoms with Crippen LogP contribution in [0.1, 0.15) is 16.8 Å². The lowest BCUT2D eigenvalue weighted by Crippen LogP contribution is -2.41. The van der Waals surface area contributed by atoms with E-state index in [-0.39, 0.29) is 17.8 Å². The maximum absolute atomic E-state index is 12.9. The third-order valence-electron chi connectivity index (χ3n) is 3.32. The predicted octanol–water partition coefficient (Wildman–Crippen LogP) is 0.963. The van der Waals surface area contributed by atoms with Gasteiger partial charge in [-0.3, -0.25) is 4.79 Å². The molecule has 1 aromatic rings. The van der Waals surface area contributed by atoms with Gasteiger partial charge in [-0.15, -0.1) is 0 Å². The molecule has 104 valence electrons. The fourth-order valence-corrected chi connectivity index (χ4v) is 2.49. The summed E-state index contributed by atoms with van der Waals surface area (Å²) in [7, 11) is 3.87. The zero-order valence-electron chi connectivity index (χ0n) is 11.2. The zero-order chi connectivity index (χ0) is 14.0. The minimum absolute atomic E-state index is 0.00236. The Morgan fingerprint density at radius 2 is 2.05 bits per heavy atom. The van der Waals surface area contributed by atoms with E-state index in [4.69, 9.17) is 0 Å². The standard InChI is InChI=1S/C14H19FN2O2/c1-16(2)8-12-7-13(18)9-17(12)14(19)10-3-5-11(15)6-4-10/h3-6,12-13,18H,7-9H2,1-2H3. The maximum atomic E-state index is 12.9. The number of carbonyl (C=O) groups is 1. The van der Waals surface area contributed by atoms with E-state index in [0.717, 1.165) is 0 Å². The van der Waals surface area contributed by atoms with E-state index in [2.05, 4.69) is 0 Å². The van der Waals surface area contributed by atoms with E-state index in [1.807, 2.05) is 19.0 Å². The van der Waals surface area contributed by atoms with Crippen LogP contribution in [0.5, 0.6) is 0 Å². The molecular formula is C14H19FN2O2. The number of nitrogens with zero attached hydrogens (tertiary/aromatic N) is 2. The normalized spacial score (nSPS) is 23.1. The van der Waals surface area contributed by atoms with Gasteiger partial charge in [-0.25, -0.2) is 4.39 Å². The zero-order valence-corrected chi connectivity index (χ0v) is 11.2. The lowest BCUT2D eigenvalue weighted by Gasteiger charge is -2.26. The number of likely N-dealkylation sites (tertiary alicyclic amines) is 1. The minimum atomic E-state index is -0.477. The Kier molecular flexibility index (Phi) is 4.17.